The van der Waals surface area contributed by atoms with Crippen molar-refractivity contribution >= 4 is 27.2 Å². The highest BCUT2D eigenvalue weighted by atomic mass is 32.1. The normalized spacial score (nSPS) is 12.3. The lowest BCUT2D eigenvalue weighted by Gasteiger charge is -2.09. The van der Waals surface area contributed by atoms with Crippen LogP contribution in [-0.2, 0) is 13.0 Å². The number of aromatic nitrogens is 2. The van der Waals surface area contributed by atoms with Gasteiger partial charge in [0.15, 0.2) is 0 Å². The zero-order valence-electron chi connectivity index (χ0n) is 16.4. The average Bonchev–Trinajstić information content (AvgIpc) is 2.97. The zero-order chi connectivity index (χ0) is 19.4. The Balaban J connectivity index is 1.79. The number of H-pyrrole nitrogens is 1. The maximum Gasteiger partial charge on any atom is 0.259 e. The van der Waals surface area contributed by atoms with Crippen LogP contribution in [0.5, 0.6) is 5.75 Å². The Bertz CT molecular complexity index is 960. The summed E-state index contributed by atoms with van der Waals surface area (Å²) < 4.78 is 5.45. The van der Waals surface area contributed by atoms with E-state index in [4.69, 9.17) is 4.74 Å². The van der Waals surface area contributed by atoms with Gasteiger partial charge in [0.05, 0.1) is 18.5 Å². The fourth-order valence-corrected chi connectivity index (χ4v) is 4.14. The molecule has 2 heterocycles. The summed E-state index contributed by atoms with van der Waals surface area (Å²) in [6.07, 6.45) is 2.03. The highest BCUT2D eigenvalue weighted by molar-refractivity contribution is 7.18. The molecule has 6 heteroatoms. The van der Waals surface area contributed by atoms with E-state index in [-0.39, 0.29) is 5.56 Å². The summed E-state index contributed by atoms with van der Waals surface area (Å²) in [7, 11) is 0. The van der Waals surface area contributed by atoms with Gasteiger partial charge in [0.1, 0.15) is 16.4 Å². The van der Waals surface area contributed by atoms with Crippen molar-refractivity contribution in [3.63, 3.8) is 0 Å². The Morgan fingerprint density at radius 1 is 1.26 bits per heavy atom. The molecule has 2 aromatic heterocycles. The van der Waals surface area contributed by atoms with Crippen LogP contribution in [0.3, 0.4) is 0 Å². The number of nitrogens with one attached hydrogen (secondary N) is 2. The molecule has 5 nitrogen and oxygen atoms in total. The third-order valence-electron chi connectivity index (χ3n) is 4.79. The first-order chi connectivity index (χ1) is 13.0. The molecule has 0 amide bonds. The maximum absolute atomic E-state index is 12.7. The fraction of sp³-hybridized carbons (Fsp3) is 0.429. The molecule has 0 aliphatic rings. The van der Waals surface area contributed by atoms with E-state index in [1.165, 1.54) is 4.88 Å². The molecule has 0 bridgehead atoms. The van der Waals surface area contributed by atoms with E-state index in [0.29, 0.717) is 24.9 Å². The van der Waals surface area contributed by atoms with Gasteiger partial charge in [0.25, 0.3) is 5.56 Å². The molecule has 0 saturated heterocycles. The van der Waals surface area contributed by atoms with Crippen LogP contribution in [0.1, 0.15) is 43.5 Å². The minimum Gasteiger partial charge on any atom is -0.494 e. The predicted octanol–water partition coefficient (Wildman–Crippen LogP) is 4.89. The van der Waals surface area contributed by atoms with Gasteiger partial charge >= 0.3 is 0 Å². The van der Waals surface area contributed by atoms with E-state index in [0.717, 1.165) is 40.1 Å². The molecular weight excluding hydrogens is 358 g/mol. The van der Waals surface area contributed by atoms with Gasteiger partial charge in [0.2, 0.25) is 0 Å². The quantitative estimate of drug-likeness (QED) is 0.579. The standard InChI is InChI=1S/C21H27N3O2S/c1-5-13(3)11-17-14(4)27-21-19(17)20(25)23-18(24-21)12-22-15-7-9-16(10-8-15)26-6-2/h7-10,13,22H,5-6,11-12H2,1-4H3,(H,23,24,25)/t13-/m0/s1. The summed E-state index contributed by atoms with van der Waals surface area (Å²) in [5.41, 5.74) is 2.08. The van der Waals surface area contributed by atoms with E-state index in [9.17, 15) is 4.79 Å². The Hall–Kier alpha value is -2.34. The van der Waals surface area contributed by atoms with E-state index in [1.807, 2.05) is 31.2 Å². The van der Waals surface area contributed by atoms with Gasteiger partial charge < -0.3 is 15.0 Å². The first kappa shape index (κ1) is 19.4. The van der Waals surface area contributed by atoms with E-state index < -0.39 is 0 Å². The van der Waals surface area contributed by atoms with Crippen LogP contribution < -0.4 is 15.6 Å². The first-order valence-electron chi connectivity index (χ1n) is 9.49. The van der Waals surface area contributed by atoms with Crippen LogP contribution in [0.2, 0.25) is 0 Å². The first-order valence-corrected chi connectivity index (χ1v) is 10.3. The molecule has 1 aromatic carbocycles. The van der Waals surface area contributed by atoms with Crippen LogP contribution in [-0.4, -0.2) is 16.6 Å². The zero-order valence-corrected chi connectivity index (χ0v) is 17.2. The van der Waals surface area contributed by atoms with Crippen molar-refractivity contribution in [3.05, 3.63) is 50.9 Å². The number of ether oxygens (including phenoxy) is 1. The monoisotopic (exact) mass is 385 g/mol. The molecule has 1 atom stereocenters. The number of thiophene rings is 1. The van der Waals surface area contributed by atoms with Crippen LogP contribution in [0.25, 0.3) is 10.2 Å². The smallest absolute Gasteiger partial charge is 0.259 e. The number of fused-ring (bicyclic) bond motifs is 1. The Morgan fingerprint density at radius 2 is 2.00 bits per heavy atom. The second-order valence-electron chi connectivity index (χ2n) is 6.86. The Labute approximate surface area is 163 Å². The Morgan fingerprint density at radius 3 is 2.67 bits per heavy atom. The van der Waals surface area contributed by atoms with E-state index in [2.05, 4.69) is 36.1 Å². The van der Waals surface area contributed by atoms with Crippen LogP contribution in [0.4, 0.5) is 5.69 Å². The van der Waals surface area contributed by atoms with E-state index >= 15 is 0 Å². The molecule has 0 radical (unpaired) electrons. The molecule has 2 N–H and O–H groups in total. The van der Waals surface area contributed by atoms with Crippen LogP contribution in [0.15, 0.2) is 29.1 Å². The second kappa shape index (κ2) is 8.57. The molecule has 0 spiro atoms. The molecule has 27 heavy (non-hydrogen) atoms. The predicted molar refractivity (Wildman–Crippen MR) is 113 cm³/mol. The Kier molecular flexibility index (Phi) is 6.16. The molecule has 3 aromatic rings. The van der Waals surface area contributed by atoms with Crippen LogP contribution in [0, 0.1) is 12.8 Å². The van der Waals surface area contributed by atoms with E-state index in [1.54, 1.807) is 11.3 Å². The van der Waals surface area contributed by atoms with Crippen molar-refractivity contribution in [2.24, 2.45) is 5.92 Å². The van der Waals surface area contributed by atoms with Crippen LogP contribution >= 0.6 is 11.3 Å². The molecule has 0 fully saturated rings. The maximum atomic E-state index is 12.7. The van der Waals surface area contributed by atoms with Gasteiger partial charge in [-0.1, -0.05) is 20.3 Å². The van der Waals surface area contributed by atoms with Gasteiger partial charge in [-0.3, -0.25) is 4.79 Å². The number of aryl methyl sites for hydroxylation is 1. The number of nitrogens with zero attached hydrogens (tertiary/aromatic N) is 1. The SMILES string of the molecule is CCOc1ccc(NCc2nc3sc(C)c(C[C@@H](C)CC)c3c(=O)[nH]2)cc1. The summed E-state index contributed by atoms with van der Waals surface area (Å²) >= 11 is 1.61. The molecule has 0 aliphatic heterocycles. The number of anilines is 1. The second-order valence-corrected chi connectivity index (χ2v) is 8.06. The highest BCUT2D eigenvalue weighted by Crippen LogP contribution is 2.29. The lowest BCUT2D eigenvalue weighted by molar-refractivity contribution is 0.340. The number of aromatic amines is 1. The summed E-state index contributed by atoms with van der Waals surface area (Å²) in [5.74, 6) is 2.05. The van der Waals surface area contributed by atoms with Gasteiger partial charge in [-0.2, -0.15) is 0 Å². The number of hydrogen-bond acceptors (Lipinski definition) is 5. The minimum absolute atomic E-state index is 0.0360. The molecule has 144 valence electrons. The van der Waals surface area contributed by atoms with Crippen molar-refractivity contribution in [1.29, 1.82) is 0 Å². The third-order valence-corrected chi connectivity index (χ3v) is 5.83. The summed E-state index contributed by atoms with van der Waals surface area (Å²) in [6, 6.07) is 7.77. The van der Waals surface area contributed by atoms with Crippen molar-refractivity contribution < 1.29 is 4.74 Å². The largest absolute Gasteiger partial charge is 0.494 e. The topological polar surface area (TPSA) is 67.0 Å². The molecule has 0 aliphatic carbocycles. The number of rotatable bonds is 8. The van der Waals surface area contributed by atoms with Gasteiger partial charge in [0, 0.05) is 10.6 Å². The lowest BCUT2D eigenvalue weighted by Crippen LogP contribution is -2.15. The van der Waals surface area contributed by atoms with Gasteiger partial charge in [-0.05, 0) is 56.0 Å². The van der Waals surface area contributed by atoms with Crippen molar-refractivity contribution in [1.82, 2.24) is 9.97 Å². The summed E-state index contributed by atoms with van der Waals surface area (Å²) in [6.45, 7) is 9.57. The lowest BCUT2D eigenvalue weighted by atomic mass is 9.98. The minimum atomic E-state index is -0.0360. The molecule has 3 rings (SSSR count). The average molecular weight is 386 g/mol. The van der Waals surface area contributed by atoms with Crippen molar-refractivity contribution in [2.45, 2.75) is 47.1 Å². The summed E-state index contributed by atoms with van der Waals surface area (Å²) in [4.78, 5) is 22.4. The molecular formula is C21H27N3O2S. The fourth-order valence-electron chi connectivity index (χ4n) is 3.06. The van der Waals surface area contributed by atoms with Crippen molar-refractivity contribution in [2.75, 3.05) is 11.9 Å². The van der Waals surface area contributed by atoms with Crippen molar-refractivity contribution in [3.8, 4) is 5.75 Å². The number of benzene rings is 1. The van der Waals surface area contributed by atoms with Gasteiger partial charge in [-0.25, -0.2) is 4.98 Å². The third kappa shape index (κ3) is 4.50. The molecule has 0 unspecified atom stereocenters. The highest BCUT2D eigenvalue weighted by Gasteiger charge is 2.16. The summed E-state index contributed by atoms with van der Waals surface area (Å²) in [5, 5.41) is 4.07. The number of hydrogen-bond donors (Lipinski definition) is 2. The molecule has 0 saturated carbocycles. The van der Waals surface area contributed by atoms with Gasteiger partial charge in [-0.15, -0.1) is 11.3 Å².